The minimum atomic E-state index is -5.60. The van der Waals surface area contributed by atoms with Crippen LogP contribution in [0.3, 0.4) is 0 Å². The smallest absolute Gasteiger partial charge is 0.477 e. The number of ketones is 1. The van der Waals surface area contributed by atoms with E-state index in [0.29, 0.717) is 18.4 Å². The Bertz CT molecular complexity index is 1140. The molecule has 0 radical (unpaired) electrons. The van der Waals surface area contributed by atoms with E-state index in [1.165, 1.54) is 0 Å². The molecule has 0 bridgehead atoms. The highest BCUT2D eigenvalue weighted by molar-refractivity contribution is 6.24. The van der Waals surface area contributed by atoms with Crippen molar-refractivity contribution in [1.82, 2.24) is 4.90 Å². The van der Waals surface area contributed by atoms with Crippen molar-refractivity contribution >= 4 is 17.4 Å². The minimum Gasteiger partial charge on any atom is -0.477 e. The van der Waals surface area contributed by atoms with Crippen molar-refractivity contribution in [2.45, 2.75) is 32.2 Å². The van der Waals surface area contributed by atoms with Gasteiger partial charge < -0.3 is 15.2 Å². The Kier molecular flexibility index (Phi) is 8.05. The molecule has 0 aromatic heterocycles. The van der Waals surface area contributed by atoms with Gasteiger partial charge in [0, 0.05) is 18.4 Å². The van der Waals surface area contributed by atoms with Crippen LogP contribution in [0.5, 0.6) is 5.75 Å². The molecule has 0 spiro atoms. The quantitative estimate of drug-likeness (QED) is 0.128. The van der Waals surface area contributed by atoms with E-state index >= 15 is 0 Å². The van der Waals surface area contributed by atoms with Crippen LogP contribution >= 0.6 is 0 Å². The Labute approximate surface area is 195 Å². The highest BCUT2D eigenvalue weighted by Gasteiger charge is 2.37. The van der Waals surface area contributed by atoms with E-state index < -0.39 is 52.5 Å². The van der Waals surface area contributed by atoms with Gasteiger partial charge in [-0.2, -0.15) is 4.39 Å². The molecule has 0 amide bonds. The van der Waals surface area contributed by atoms with Gasteiger partial charge in [-0.25, -0.2) is 13.6 Å². The van der Waals surface area contributed by atoms with Crippen LogP contribution in [-0.4, -0.2) is 41.2 Å². The summed E-state index contributed by atoms with van der Waals surface area (Å²) in [7, 11) is 0. The topological polar surface area (TPSA) is 78.9 Å². The first-order chi connectivity index (χ1) is 16.5. The van der Waals surface area contributed by atoms with Crippen LogP contribution in [0.2, 0.25) is 0 Å². The molecule has 1 fully saturated rings. The molecule has 2 N–H and O–H groups in total. The normalized spacial score (nSPS) is 15.1. The molecule has 1 saturated heterocycles. The number of halogens is 6. The molecule has 1 heterocycles. The average molecular weight is 502 g/mol. The summed E-state index contributed by atoms with van der Waals surface area (Å²) in [5.41, 5.74) is -1.31. The fourth-order valence-electron chi connectivity index (χ4n) is 3.61. The monoisotopic (exact) mass is 502 g/mol. The first-order valence-corrected chi connectivity index (χ1v) is 10.5. The summed E-state index contributed by atoms with van der Waals surface area (Å²) in [5, 5.41) is 12.0. The molecular weight excluding hydrogens is 482 g/mol. The summed E-state index contributed by atoms with van der Waals surface area (Å²) in [6.45, 7) is 2.52. The number of nitrogens with one attached hydrogen (secondary N) is 1. The number of alkyl halides is 3. The zero-order valence-corrected chi connectivity index (χ0v) is 18.1. The highest BCUT2D eigenvalue weighted by atomic mass is 19.4. The van der Waals surface area contributed by atoms with Crippen molar-refractivity contribution in [3.05, 3.63) is 70.7 Å². The van der Waals surface area contributed by atoms with Crippen LogP contribution in [0.15, 0.2) is 42.1 Å². The number of piperidine rings is 1. The van der Waals surface area contributed by atoms with Crippen molar-refractivity contribution in [3.63, 3.8) is 0 Å². The van der Waals surface area contributed by atoms with Crippen LogP contribution in [0, 0.1) is 17.5 Å². The number of Topliss-reactive ketones (excluding diaryl/α,β-unsaturated/α-hetero) is 1. The average Bonchev–Trinajstić information content (AvgIpc) is 2.79. The second-order valence-electron chi connectivity index (χ2n) is 7.78. The fourth-order valence-corrected chi connectivity index (χ4v) is 3.61. The van der Waals surface area contributed by atoms with E-state index in [-0.39, 0.29) is 6.07 Å². The number of carbonyl (C=O) groups excluding carboxylic acids is 1. The SMILES string of the molecule is O=C(O)C(=CNc1cccc(CN2CCCCC2)c1)C(=O)c1cc(F)c(F)c(OC(F)(F)F)c1F. The lowest BCUT2D eigenvalue weighted by Crippen LogP contribution is -2.29. The molecule has 6 nitrogen and oxygen atoms in total. The lowest BCUT2D eigenvalue weighted by Gasteiger charge is -2.26. The van der Waals surface area contributed by atoms with Crippen LogP contribution < -0.4 is 10.1 Å². The van der Waals surface area contributed by atoms with Crippen molar-refractivity contribution in [3.8, 4) is 5.75 Å². The molecular formula is C23H20F6N2O4. The zero-order valence-electron chi connectivity index (χ0n) is 18.1. The summed E-state index contributed by atoms with van der Waals surface area (Å²) in [6.07, 6.45) is -1.57. The third kappa shape index (κ3) is 6.75. The molecule has 3 rings (SSSR count). The molecule has 0 aliphatic carbocycles. The van der Waals surface area contributed by atoms with E-state index in [1.54, 1.807) is 18.2 Å². The number of likely N-dealkylation sites (tertiary alicyclic amines) is 1. The number of ether oxygens (including phenoxy) is 1. The van der Waals surface area contributed by atoms with Gasteiger partial charge in [0.2, 0.25) is 17.3 Å². The second-order valence-corrected chi connectivity index (χ2v) is 7.78. The Balaban J connectivity index is 1.86. The molecule has 0 saturated carbocycles. The number of carboxylic acids is 1. The number of hydrogen-bond donors (Lipinski definition) is 2. The second kappa shape index (κ2) is 10.8. The Morgan fingerprint density at radius 1 is 1.06 bits per heavy atom. The van der Waals surface area contributed by atoms with Gasteiger partial charge in [-0.15, -0.1) is 13.2 Å². The maximum atomic E-state index is 14.5. The number of aliphatic carboxylic acids is 1. The summed E-state index contributed by atoms with van der Waals surface area (Å²) in [6, 6.07) is 6.77. The number of carbonyl (C=O) groups is 2. The van der Waals surface area contributed by atoms with E-state index in [2.05, 4.69) is 15.0 Å². The number of benzene rings is 2. The van der Waals surface area contributed by atoms with Crippen molar-refractivity contribution in [1.29, 1.82) is 0 Å². The summed E-state index contributed by atoms with van der Waals surface area (Å²) >= 11 is 0. The molecule has 0 atom stereocenters. The fraction of sp³-hybridized carbons (Fsp3) is 0.304. The number of carboxylic acid groups (broad SMARTS) is 1. The molecule has 1 aliphatic rings. The van der Waals surface area contributed by atoms with Gasteiger partial charge in [-0.1, -0.05) is 18.6 Å². The first kappa shape index (κ1) is 26.1. The molecule has 2 aromatic rings. The van der Waals surface area contributed by atoms with Crippen LogP contribution in [-0.2, 0) is 11.3 Å². The Hall–Kier alpha value is -3.54. The van der Waals surface area contributed by atoms with E-state index in [0.717, 1.165) is 37.9 Å². The highest BCUT2D eigenvalue weighted by Crippen LogP contribution is 2.33. The zero-order chi connectivity index (χ0) is 25.8. The molecule has 188 valence electrons. The minimum absolute atomic E-state index is 0.0355. The van der Waals surface area contributed by atoms with E-state index in [4.69, 9.17) is 0 Å². The number of anilines is 1. The van der Waals surface area contributed by atoms with Gasteiger partial charge >= 0.3 is 12.3 Å². The maximum Gasteiger partial charge on any atom is 0.573 e. The Morgan fingerprint density at radius 2 is 1.74 bits per heavy atom. The molecule has 0 unspecified atom stereocenters. The Morgan fingerprint density at radius 3 is 2.37 bits per heavy atom. The number of hydrogen-bond acceptors (Lipinski definition) is 5. The van der Waals surface area contributed by atoms with E-state index in [1.807, 2.05) is 6.07 Å². The van der Waals surface area contributed by atoms with Crippen molar-refractivity contribution in [2.75, 3.05) is 18.4 Å². The predicted octanol–water partition coefficient (Wildman–Crippen LogP) is 5.25. The van der Waals surface area contributed by atoms with Gasteiger partial charge in [-0.05, 0) is 49.7 Å². The third-order valence-corrected chi connectivity index (χ3v) is 5.22. The number of nitrogens with zero attached hydrogens (tertiary/aromatic N) is 1. The molecule has 35 heavy (non-hydrogen) atoms. The van der Waals surface area contributed by atoms with Gasteiger partial charge in [0.25, 0.3) is 0 Å². The molecule has 12 heteroatoms. The van der Waals surface area contributed by atoms with Gasteiger partial charge in [-0.3, -0.25) is 9.69 Å². The number of rotatable bonds is 8. The van der Waals surface area contributed by atoms with E-state index in [9.17, 15) is 41.0 Å². The van der Waals surface area contributed by atoms with Crippen molar-refractivity contribution < 1.29 is 45.8 Å². The summed E-state index contributed by atoms with van der Waals surface area (Å²) in [5.74, 6) is -12.3. The van der Waals surface area contributed by atoms with Gasteiger partial charge in [0.05, 0.1) is 5.56 Å². The van der Waals surface area contributed by atoms with Crippen LogP contribution in [0.1, 0.15) is 35.2 Å². The third-order valence-electron chi connectivity index (χ3n) is 5.22. The molecule has 2 aromatic carbocycles. The van der Waals surface area contributed by atoms with Gasteiger partial charge in [0.1, 0.15) is 5.57 Å². The summed E-state index contributed by atoms with van der Waals surface area (Å²) < 4.78 is 82.4. The lowest BCUT2D eigenvalue weighted by atomic mass is 10.0. The lowest BCUT2D eigenvalue weighted by molar-refractivity contribution is -0.276. The summed E-state index contributed by atoms with van der Waals surface area (Å²) in [4.78, 5) is 26.4. The largest absolute Gasteiger partial charge is 0.573 e. The maximum absolute atomic E-state index is 14.5. The van der Waals surface area contributed by atoms with Crippen LogP contribution in [0.25, 0.3) is 0 Å². The standard InChI is InChI=1S/C23H20F6N2O4/c24-17-10-15(18(25)21(19(17)26)35-23(27,28)29)20(32)16(22(33)34)11-30-14-6-4-5-13(9-14)12-31-7-2-1-3-8-31/h4-6,9-11,30H,1-3,7-8,12H2,(H,33,34). The first-order valence-electron chi connectivity index (χ1n) is 10.5. The van der Waals surface area contributed by atoms with Crippen molar-refractivity contribution in [2.24, 2.45) is 0 Å². The van der Waals surface area contributed by atoms with Crippen LogP contribution in [0.4, 0.5) is 32.0 Å². The predicted molar refractivity (Wildman–Crippen MR) is 112 cm³/mol. The molecule has 1 aliphatic heterocycles. The van der Waals surface area contributed by atoms with Gasteiger partial charge in [0.15, 0.2) is 11.6 Å².